The second-order valence-corrected chi connectivity index (χ2v) is 6.25. The first-order valence-electron chi connectivity index (χ1n) is 7.42. The summed E-state index contributed by atoms with van der Waals surface area (Å²) in [5.74, 6) is 1.06. The number of ketones is 2. The lowest BCUT2D eigenvalue weighted by Gasteiger charge is -2.16. The van der Waals surface area contributed by atoms with Crippen LogP contribution in [0.15, 0.2) is 35.5 Å². The molecular formula is C16H26AlO7+3. The summed E-state index contributed by atoms with van der Waals surface area (Å²) >= 11 is -2.74. The molecule has 132 valence electrons. The van der Waals surface area contributed by atoms with Crippen LogP contribution in [0.3, 0.4) is 0 Å². The monoisotopic (exact) mass is 357 g/mol. The SMILES string of the molecule is CCOC(=[OH+])C=C(C)[O][Al]([O]C(C)=CC(C)=[OH+])[O]C(C)=CC(C)=[OH+]. The van der Waals surface area contributed by atoms with Crippen LogP contribution in [-0.2, 0) is 16.1 Å². The maximum Gasteiger partial charge on any atom is 1.20 e. The Labute approximate surface area is 147 Å². The normalized spacial score (nSPS) is 12.3. The van der Waals surface area contributed by atoms with Crippen molar-refractivity contribution in [1.82, 2.24) is 0 Å². The fourth-order valence-electron chi connectivity index (χ4n) is 1.58. The maximum atomic E-state index is 9.51. The van der Waals surface area contributed by atoms with Gasteiger partial charge < -0.3 is 20.9 Å². The number of hydrogen-bond donors (Lipinski definition) is 0. The molecule has 0 aromatic heterocycles. The fraction of sp³-hybridized carbons (Fsp3) is 0.438. The van der Waals surface area contributed by atoms with E-state index in [0.717, 1.165) is 0 Å². The van der Waals surface area contributed by atoms with Gasteiger partial charge >= 0.3 is 32.7 Å². The molecule has 0 aromatic carbocycles. The van der Waals surface area contributed by atoms with Crippen LogP contribution in [0.1, 0.15) is 41.5 Å². The van der Waals surface area contributed by atoms with Gasteiger partial charge in [0, 0.05) is 0 Å². The first-order valence-corrected chi connectivity index (χ1v) is 8.84. The Morgan fingerprint density at radius 3 is 1.46 bits per heavy atom. The largest absolute Gasteiger partial charge is 1.20 e. The van der Waals surface area contributed by atoms with Crippen molar-refractivity contribution in [2.45, 2.75) is 41.5 Å². The molecule has 7 nitrogen and oxygen atoms in total. The van der Waals surface area contributed by atoms with Gasteiger partial charge in [0.25, 0.3) is 0 Å². The molecule has 0 aliphatic heterocycles. The summed E-state index contributed by atoms with van der Waals surface area (Å²) in [7, 11) is 0. The van der Waals surface area contributed by atoms with E-state index in [1.54, 1.807) is 27.7 Å². The molecule has 0 aliphatic carbocycles. The van der Waals surface area contributed by atoms with Gasteiger partial charge in [0.1, 0.15) is 6.08 Å². The lowest BCUT2D eigenvalue weighted by atomic mass is 10.4. The van der Waals surface area contributed by atoms with Crippen molar-refractivity contribution in [2.24, 2.45) is 0 Å². The third-order valence-electron chi connectivity index (χ3n) is 2.29. The van der Waals surface area contributed by atoms with Gasteiger partial charge in [-0.25, -0.2) is 0 Å². The molecule has 0 atom stereocenters. The van der Waals surface area contributed by atoms with Crippen molar-refractivity contribution in [3.8, 4) is 0 Å². The fourth-order valence-corrected chi connectivity index (χ4v) is 2.84. The summed E-state index contributed by atoms with van der Waals surface area (Å²) in [5.41, 5.74) is 0. The third-order valence-corrected chi connectivity index (χ3v) is 3.98. The number of rotatable bonds is 10. The summed E-state index contributed by atoms with van der Waals surface area (Å²) in [6.45, 7) is 10.0. The molecule has 0 saturated heterocycles. The summed E-state index contributed by atoms with van der Waals surface area (Å²) in [5, 5.41) is 0. The van der Waals surface area contributed by atoms with Crippen molar-refractivity contribution in [3.05, 3.63) is 35.5 Å². The topological polar surface area (TPSA) is 101 Å². The van der Waals surface area contributed by atoms with Crippen LogP contribution in [0.2, 0.25) is 0 Å². The predicted molar refractivity (Wildman–Crippen MR) is 94.1 cm³/mol. The second-order valence-electron chi connectivity index (χ2n) is 4.96. The number of esters is 1. The Hall–Kier alpha value is -2.04. The van der Waals surface area contributed by atoms with Gasteiger partial charge in [-0.2, -0.15) is 0 Å². The van der Waals surface area contributed by atoms with E-state index < -0.39 is 15.1 Å². The van der Waals surface area contributed by atoms with Crippen LogP contribution >= 0.6 is 0 Å². The molecule has 0 amide bonds. The highest BCUT2D eigenvalue weighted by atomic mass is 27.3. The van der Waals surface area contributed by atoms with Gasteiger partial charge in [-0.1, -0.05) is 0 Å². The molecule has 0 spiro atoms. The molecule has 0 aliphatic rings. The molecular weight excluding hydrogens is 331 g/mol. The smallest absolute Gasteiger partial charge is 0.580 e. The van der Waals surface area contributed by atoms with E-state index in [1.165, 1.54) is 32.1 Å². The summed E-state index contributed by atoms with van der Waals surface area (Å²) in [6, 6.07) is 0. The molecule has 24 heavy (non-hydrogen) atoms. The van der Waals surface area contributed by atoms with E-state index in [0.29, 0.717) is 23.9 Å². The number of hydrogen-bond acceptors (Lipinski definition) is 4. The van der Waals surface area contributed by atoms with E-state index >= 15 is 0 Å². The molecule has 0 unspecified atom stereocenters. The van der Waals surface area contributed by atoms with Gasteiger partial charge in [0.2, 0.25) is 0 Å². The van der Waals surface area contributed by atoms with Gasteiger partial charge in [-0.05, 0) is 27.7 Å². The van der Waals surface area contributed by atoms with Crippen LogP contribution < -0.4 is 0 Å². The van der Waals surface area contributed by atoms with Crippen molar-refractivity contribution in [1.29, 1.82) is 0 Å². The highest BCUT2D eigenvalue weighted by Crippen LogP contribution is 2.11. The minimum absolute atomic E-state index is 0.0848. The van der Waals surface area contributed by atoms with Crippen LogP contribution in [0, 0.1) is 0 Å². The van der Waals surface area contributed by atoms with Gasteiger partial charge in [0.15, 0.2) is 6.61 Å². The van der Waals surface area contributed by atoms with Crippen molar-refractivity contribution in [2.75, 3.05) is 6.61 Å². The van der Waals surface area contributed by atoms with E-state index in [2.05, 4.69) is 0 Å². The Morgan fingerprint density at radius 1 is 0.750 bits per heavy atom. The van der Waals surface area contributed by atoms with Crippen molar-refractivity contribution in [3.63, 3.8) is 0 Å². The molecule has 3 N–H and O–H groups in total. The maximum absolute atomic E-state index is 9.51. The van der Waals surface area contributed by atoms with Crippen molar-refractivity contribution < 1.29 is 30.5 Å². The second kappa shape index (κ2) is 11.5. The zero-order chi connectivity index (χ0) is 18.7. The van der Waals surface area contributed by atoms with E-state index in [-0.39, 0.29) is 17.5 Å². The molecule has 0 saturated carbocycles. The van der Waals surface area contributed by atoms with Gasteiger partial charge in [0.05, 0.1) is 43.3 Å². The number of carbonyl (C=O) groups excluding carboxylic acids is 3. The van der Waals surface area contributed by atoms with Crippen LogP contribution in [0.4, 0.5) is 0 Å². The minimum Gasteiger partial charge on any atom is -0.580 e. The predicted octanol–water partition coefficient (Wildman–Crippen LogP) is 2.40. The quantitative estimate of drug-likeness (QED) is 0.197. The average Bonchev–Trinajstić information content (AvgIpc) is 2.35. The number of allylic oxidation sites excluding steroid dienone is 5. The van der Waals surface area contributed by atoms with E-state index in [1.807, 2.05) is 0 Å². The summed E-state index contributed by atoms with van der Waals surface area (Å²) in [4.78, 5) is 28.1. The highest BCUT2D eigenvalue weighted by molar-refractivity contribution is 6.37. The minimum atomic E-state index is -2.74. The van der Waals surface area contributed by atoms with Gasteiger partial charge in [-0.3, -0.25) is 9.59 Å². The molecule has 0 radical (unpaired) electrons. The molecule has 0 bridgehead atoms. The summed E-state index contributed by atoms with van der Waals surface area (Å²) < 4.78 is 21.7. The molecule has 0 heterocycles. The van der Waals surface area contributed by atoms with Crippen LogP contribution in [0.5, 0.6) is 0 Å². The Balaban J connectivity index is 5.14. The van der Waals surface area contributed by atoms with E-state index in [9.17, 15) is 14.4 Å². The first kappa shape index (κ1) is 22.0. The standard InChI is InChI=1S/C6H10O3.2C5H8O2.Al/c1-3-9-6(8)4-5(2)7;2*1-4(6)3-5(2)7;/h4,7H,3H2,1-2H3;2*3,6H,1-2H3;/q;;;+3. The lowest BCUT2D eigenvalue weighted by molar-refractivity contribution is 0.183. The highest BCUT2D eigenvalue weighted by Gasteiger charge is 2.44. The first-order chi connectivity index (χ1) is 11.1. The van der Waals surface area contributed by atoms with Crippen LogP contribution in [-0.4, -0.2) is 53.7 Å². The zero-order valence-electron chi connectivity index (χ0n) is 15.0. The van der Waals surface area contributed by atoms with Crippen molar-refractivity contribution >= 4 is 32.7 Å². The Kier molecular flexibility index (Phi) is 10.5. The third kappa shape index (κ3) is 11.5. The molecule has 8 heteroatoms. The molecule has 0 fully saturated rings. The van der Waals surface area contributed by atoms with Gasteiger partial charge in [-0.15, -0.1) is 0 Å². The number of ether oxygens (including phenoxy) is 1. The molecule has 0 rings (SSSR count). The summed E-state index contributed by atoms with van der Waals surface area (Å²) in [6.07, 6.45) is 4.16. The van der Waals surface area contributed by atoms with Crippen LogP contribution in [0.25, 0.3) is 0 Å². The Morgan fingerprint density at radius 2 is 1.12 bits per heavy atom. The Bertz CT molecular complexity index is 529. The average molecular weight is 357 g/mol. The lowest BCUT2D eigenvalue weighted by Crippen LogP contribution is -2.26. The molecule has 0 aromatic rings. The van der Waals surface area contributed by atoms with E-state index in [4.69, 9.17) is 16.1 Å². The zero-order valence-corrected chi connectivity index (χ0v) is 16.1.